The predicted octanol–water partition coefficient (Wildman–Crippen LogP) is 3.17. The van der Waals surface area contributed by atoms with Gasteiger partial charge in [-0.15, -0.1) is 0 Å². The van der Waals surface area contributed by atoms with Crippen LogP contribution in [0.3, 0.4) is 0 Å². The number of amides is 2. The summed E-state index contributed by atoms with van der Waals surface area (Å²) in [4.78, 5) is 13.2. The number of nitrogens with two attached hydrogens (primary N) is 2. The molecule has 2 amide bonds. The third kappa shape index (κ3) is 4.50. The molecule has 0 spiro atoms. The highest BCUT2D eigenvalue weighted by atomic mass is 19.4. The van der Waals surface area contributed by atoms with E-state index in [1.54, 1.807) is 0 Å². The molecule has 2 aromatic carbocycles. The van der Waals surface area contributed by atoms with E-state index < -0.39 is 17.8 Å². The number of nitrogens with zero attached hydrogens (tertiary/aromatic N) is 2. The zero-order valence-electron chi connectivity index (χ0n) is 15.0. The number of hydrogen-bond acceptors (Lipinski definition) is 4. The summed E-state index contributed by atoms with van der Waals surface area (Å²) in [5, 5.41) is 0.562. The van der Waals surface area contributed by atoms with Crippen molar-refractivity contribution in [3.8, 4) is 0 Å². The van der Waals surface area contributed by atoms with Gasteiger partial charge in [0.15, 0.2) is 0 Å². The van der Waals surface area contributed by atoms with Crippen LogP contribution in [0.5, 0.6) is 0 Å². The molecular formula is C18H22F3N5O. The van der Waals surface area contributed by atoms with Gasteiger partial charge in [-0.25, -0.2) is 21.5 Å². The molecule has 0 bridgehead atoms. The van der Waals surface area contributed by atoms with Crippen LogP contribution >= 0.6 is 0 Å². The van der Waals surface area contributed by atoms with Crippen LogP contribution in [0.25, 0.3) is 0 Å². The molecule has 0 aromatic heterocycles. The Morgan fingerprint density at radius 3 is 2.30 bits per heavy atom. The van der Waals surface area contributed by atoms with Crippen LogP contribution in [0, 0.1) is 0 Å². The van der Waals surface area contributed by atoms with Gasteiger partial charge in [0, 0.05) is 13.6 Å². The van der Waals surface area contributed by atoms with Gasteiger partial charge in [0.2, 0.25) is 0 Å². The molecular weight excluding hydrogens is 359 g/mol. The summed E-state index contributed by atoms with van der Waals surface area (Å²) in [5.41, 5.74) is 2.53. The zero-order valence-corrected chi connectivity index (χ0v) is 15.0. The van der Waals surface area contributed by atoms with E-state index in [-0.39, 0.29) is 17.9 Å². The first kappa shape index (κ1) is 20.5. The minimum atomic E-state index is -4.62. The lowest BCUT2D eigenvalue weighted by molar-refractivity contribution is -0.137. The quantitative estimate of drug-likeness (QED) is 0.422. The second-order valence-corrected chi connectivity index (χ2v) is 5.97. The fourth-order valence-corrected chi connectivity index (χ4v) is 2.93. The van der Waals surface area contributed by atoms with E-state index in [2.05, 4.69) is 0 Å². The number of carbonyl (C=O) groups excluding carboxylic acids is 1. The number of hydrogen-bond donors (Lipinski definition) is 3. The van der Waals surface area contributed by atoms with Gasteiger partial charge < -0.3 is 4.90 Å². The Bertz CT molecular complexity index is 810. The molecule has 2 aromatic rings. The van der Waals surface area contributed by atoms with Gasteiger partial charge >= 0.3 is 12.2 Å². The molecule has 0 aliphatic heterocycles. The summed E-state index contributed by atoms with van der Waals surface area (Å²) >= 11 is 0. The van der Waals surface area contributed by atoms with Crippen molar-refractivity contribution in [1.82, 2.24) is 5.43 Å². The number of anilines is 2. The molecule has 0 radical (unpaired) electrons. The molecule has 27 heavy (non-hydrogen) atoms. The van der Waals surface area contributed by atoms with Crippen molar-refractivity contribution in [3.05, 3.63) is 59.2 Å². The lowest BCUT2D eigenvalue weighted by Crippen LogP contribution is -2.48. The van der Waals surface area contributed by atoms with Gasteiger partial charge in [0.05, 0.1) is 16.9 Å². The normalized spacial score (nSPS) is 11.2. The van der Waals surface area contributed by atoms with Gasteiger partial charge in [0.1, 0.15) is 0 Å². The largest absolute Gasteiger partial charge is 0.418 e. The lowest BCUT2D eigenvalue weighted by atomic mass is 10.0. The van der Waals surface area contributed by atoms with Crippen molar-refractivity contribution < 1.29 is 18.0 Å². The van der Waals surface area contributed by atoms with E-state index in [1.165, 1.54) is 24.1 Å². The number of hydrazine groups is 2. The average molecular weight is 381 g/mol. The van der Waals surface area contributed by atoms with Crippen LogP contribution in [0.4, 0.5) is 29.3 Å². The molecule has 2 rings (SSSR count). The maximum Gasteiger partial charge on any atom is 0.418 e. The smallest absolute Gasteiger partial charge is 0.368 e. The van der Waals surface area contributed by atoms with E-state index in [9.17, 15) is 18.0 Å². The number of carbonyl (C=O) groups is 1. The monoisotopic (exact) mass is 381 g/mol. The summed E-state index contributed by atoms with van der Waals surface area (Å²) < 4.78 is 40.8. The summed E-state index contributed by atoms with van der Waals surface area (Å²) in [6.07, 6.45) is -3.87. The highest BCUT2D eigenvalue weighted by Gasteiger charge is 2.36. The number of alkyl halides is 3. The van der Waals surface area contributed by atoms with Gasteiger partial charge in [-0.1, -0.05) is 37.3 Å². The summed E-state index contributed by atoms with van der Waals surface area (Å²) in [6, 6.07) is 10.0. The summed E-state index contributed by atoms with van der Waals surface area (Å²) in [5.74, 6) is 10.8. The highest BCUT2D eigenvalue weighted by Crippen LogP contribution is 2.42. The number of benzene rings is 2. The Labute approximate surface area is 155 Å². The first-order chi connectivity index (χ1) is 12.7. The van der Waals surface area contributed by atoms with E-state index in [0.717, 1.165) is 23.6 Å². The van der Waals surface area contributed by atoms with Crippen molar-refractivity contribution >= 4 is 17.4 Å². The van der Waals surface area contributed by atoms with E-state index in [0.29, 0.717) is 5.01 Å². The van der Waals surface area contributed by atoms with E-state index in [1.807, 2.05) is 36.6 Å². The molecule has 0 aliphatic carbocycles. The topological polar surface area (TPSA) is 87.6 Å². The second kappa shape index (κ2) is 8.28. The Kier molecular flexibility index (Phi) is 6.29. The van der Waals surface area contributed by atoms with E-state index in [4.69, 9.17) is 11.7 Å². The fourth-order valence-electron chi connectivity index (χ4n) is 2.93. The number of para-hydroxylation sites is 1. The van der Waals surface area contributed by atoms with Crippen LogP contribution in [-0.2, 0) is 19.1 Å². The number of aryl methyl sites for hydroxylation is 1. The van der Waals surface area contributed by atoms with Crippen LogP contribution in [-0.4, -0.2) is 13.1 Å². The third-order valence-corrected chi connectivity index (χ3v) is 4.21. The zero-order chi connectivity index (χ0) is 20.2. The first-order valence-electron chi connectivity index (χ1n) is 8.24. The van der Waals surface area contributed by atoms with Crippen LogP contribution in [0.15, 0.2) is 42.5 Å². The summed E-state index contributed by atoms with van der Waals surface area (Å²) in [7, 11) is 1.52. The fraction of sp³-hybridized carbons (Fsp3) is 0.278. The van der Waals surface area contributed by atoms with Crippen molar-refractivity contribution in [2.24, 2.45) is 11.7 Å². The van der Waals surface area contributed by atoms with Gasteiger partial charge in [-0.05, 0) is 29.7 Å². The summed E-state index contributed by atoms with van der Waals surface area (Å²) in [6.45, 7) is 2.18. The molecule has 146 valence electrons. The van der Waals surface area contributed by atoms with Gasteiger partial charge in [-0.3, -0.25) is 5.43 Å². The Morgan fingerprint density at radius 2 is 1.74 bits per heavy atom. The molecule has 0 atom stereocenters. The predicted molar refractivity (Wildman–Crippen MR) is 98.8 cm³/mol. The Morgan fingerprint density at radius 1 is 1.11 bits per heavy atom. The third-order valence-electron chi connectivity index (χ3n) is 4.21. The van der Waals surface area contributed by atoms with Crippen LogP contribution < -0.4 is 27.0 Å². The standard InChI is InChI=1S/C18H22F3N5O/c1-3-12-7-4-5-8-13(12)11-25(2)16-14(18(19,20)21)9-6-10-15(16)26(23)17(27)24-22/h4-10H,3,11,22-23H2,1-2H3,(H,24,27). The van der Waals surface area contributed by atoms with Crippen molar-refractivity contribution in [3.63, 3.8) is 0 Å². The van der Waals surface area contributed by atoms with E-state index >= 15 is 0 Å². The van der Waals surface area contributed by atoms with Gasteiger partial charge in [0.25, 0.3) is 0 Å². The minimum absolute atomic E-state index is 0.107. The molecule has 5 N–H and O–H groups in total. The number of urea groups is 1. The molecule has 0 fully saturated rings. The molecule has 0 heterocycles. The van der Waals surface area contributed by atoms with Crippen molar-refractivity contribution in [2.75, 3.05) is 17.0 Å². The maximum atomic E-state index is 13.6. The highest BCUT2D eigenvalue weighted by molar-refractivity contribution is 5.95. The average Bonchev–Trinajstić information content (AvgIpc) is 2.65. The van der Waals surface area contributed by atoms with Crippen molar-refractivity contribution in [2.45, 2.75) is 26.1 Å². The molecule has 0 unspecified atom stereocenters. The Balaban J connectivity index is 2.56. The first-order valence-corrected chi connectivity index (χ1v) is 8.24. The lowest BCUT2D eigenvalue weighted by Gasteiger charge is -2.29. The number of nitrogens with one attached hydrogen (secondary N) is 1. The van der Waals surface area contributed by atoms with Gasteiger partial charge in [-0.2, -0.15) is 13.2 Å². The molecule has 0 aliphatic rings. The van der Waals surface area contributed by atoms with Crippen molar-refractivity contribution in [1.29, 1.82) is 0 Å². The SMILES string of the molecule is CCc1ccccc1CN(C)c1c(N(N)C(=O)NN)cccc1C(F)(F)F. The minimum Gasteiger partial charge on any atom is -0.368 e. The molecule has 9 heteroatoms. The number of halogens is 3. The van der Waals surface area contributed by atoms with Crippen LogP contribution in [0.1, 0.15) is 23.6 Å². The molecule has 0 saturated carbocycles. The number of rotatable bonds is 5. The molecule has 6 nitrogen and oxygen atoms in total. The maximum absolute atomic E-state index is 13.6. The second-order valence-electron chi connectivity index (χ2n) is 5.97. The Hall–Kier alpha value is -2.78. The van der Waals surface area contributed by atoms with Crippen LogP contribution in [0.2, 0.25) is 0 Å². The molecule has 0 saturated heterocycles.